The van der Waals surface area contributed by atoms with Crippen LogP contribution in [0.3, 0.4) is 0 Å². The molecule has 1 aromatic rings. The van der Waals surface area contributed by atoms with Gasteiger partial charge in [-0.1, -0.05) is 5.57 Å². The van der Waals surface area contributed by atoms with Gasteiger partial charge in [-0.15, -0.1) is 0 Å². The lowest BCUT2D eigenvalue weighted by molar-refractivity contribution is -0.131. The first-order chi connectivity index (χ1) is 9.63. The maximum Gasteiger partial charge on any atom is 0.328 e. The van der Waals surface area contributed by atoms with Gasteiger partial charge < -0.3 is 14.6 Å². The monoisotopic (exact) mass is 276 g/mol. The Morgan fingerprint density at radius 1 is 1.25 bits per heavy atom. The lowest BCUT2D eigenvalue weighted by Crippen LogP contribution is -2.09. The summed E-state index contributed by atoms with van der Waals surface area (Å²) in [5, 5.41) is 8.79. The van der Waals surface area contributed by atoms with Crippen molar-refractivity contribution < 1.29 is 19.4 Å². The van der Waals surface area contributed by atoms with Crippen LogP contribution in [0.2, 0.25) is 0 Å². The van der Waals surface area contributed by atoms with Gasteiger partial charge in [-0.2, -0.15) is 0 Å². The van der Waals surface area contributed by atoms with Crippen LogP contribution < -0.4 is 9.47 Å². The molecule has 1 aromatic carbocycles. The van der Waals surface area contributed by atoms with Crippen LogP contribution >= 0.6 is 0 Å². The molecule has 1 saturated carbocycles. The summed E-state index contributed by atoms with van der Waals surface area (Å²) in [4.78, 5) is 10.7. The fourth-order valence-electron chi connectivity index (χ4n) is 2.78. The molecule has 1 aliphatic carbocycles. The predicted octanol–water partition coefficient (Wildman–Crippen LogP) is 3.37. The zero-order valence-corrected chi connectivity index (χ0v) is 11.9. The lowest BCUT2D eigenvalue weighted by Gasteiger charge is -2.25. The van der Waals surface area contributed by atoms with Crippen LogP contribution in [0.5, 0.6) is 11.5 Å². The zero-order chi connectivity index (χ0) is 14.5. The highest BCUT2D eigenvalue weighted by molar-refractivity contribution is 5.80. The first-order valence-electron chi connectivity index (χ1n) is 6.78. The Morgan fingerprint density at radius 2 is 1.95 bits per heavy atom. The van der Waals surface area contributed by atoms with Gasteiger partial charge in [0.25, 0.3) is 0 Å². The highest BCUT2D eigenvalue weighted by Crippen LogP contribution is 2.40. The van der Waals surface area contributed by atoms with Gasteiger partial charge in [0.1, 0.15) is 11.5 Å². The molecule has 1 N–H and O–H groups in total. The van der Waals surface area contributed by atoms with Gasteiger partial charge in [-0.3, -0.25) is 0 Å². The normalized spacial score (nSPS) is 18.5. The van der Waals surface area contributed by atoms with Gasteiger partial charge in [0.2, 0.25) is 0 Å². The third-order valence-corrected chi connectivity index (χ3v) is 3.83. The van der Waals surface area contributed by atoms with Crippen molar-refractivity contribution in [2.75, 3.05) is 14.2 Å². The molecule has 4 heteroatoms. The second-order valence-corrected chi connectivity index (χ2v) is 5.02. The Bertz CT molecular complexity index is 509. The molecule has 0 saturated heterocycles. The van der Waals surface area contributed by atoms with E-state index in [2.05, 4.69) is 0 Å². The smallest absolute Gasteiger partial charge is 0.328 e. The summed E-state index contributed by atoms with van der Waals surface area (Å²) in [5.41, 5.74) is 2.18. The minimum Gasteiger partial charge on any atom is -0.497 e. The molecule has 0 heterocycles. The van der Waals surface area contributed by atoms with Crippen molar-refractivity contribution in [3.05, 3.63) is 35.4 Å². The number of methoxy groups -OCH3 is 2. The van der Waals surface area contributed by atoms with Crippen molar-refractivity contribution in [2.45, 2.75) is 31.6 Å². The van der Waals surface area contributed by atoms with E-state index in [1.165, 1.54) is 6.08 Å². The summed E-state index contributed by atoms with van der Waals surface area (Å²) in [5.74, 6) is 1.25. The molecule has 1 aliphatic rings. The molecular weight excluding hydrogens is 256 g/mol. The van der Waals surface area contributed by atoms with Crippen molar-refractivity contribution >= 4 is 5.97 Å². The second-order valence-electron chi connectivity index (χ2n) is 5.02. The number of carboxylic acids is 1. The van der Waals surface area contributed by atoms with Crippen molar-refractivity contribution in [1.82, 2.24) is 0 Å². The molecule has 0 bridgehead atoms. The molecule has 0 aliphatic heterocycles. The van der Waals surface area contributed by atoms with Crippen LogP contribution in [0.25, 0.3) is 0 Å². The summed E-state index contributed by atoms with van der Waals surface area (Å²) in [6.45, 7) is 0. The number of benzene rings is 1. The number of carboxylic acid groups (broad SMARTS) is 1. The number of rotatable bonds is 4. The molecule has 0 radical (unpaired) electrons. The predicted molar refractivity (Wildman–Crippen MR) is 76.5 cm³/mol. The van der Waals surface area contributed by atoms with Crippen LogP contribution in [0.1, 0.15) is 37.2 Å². The Hall–Kier alpha value is -1.97. The Balaban J connectivity index is 2.15. The highest BCUT2D eigenvalue weighted by atomic mass is 16.5. The Morgan fingerprint density at radius 3 is 2.50 bits per heavy atom. The van der Waals surface area contributed by atoms with Crippen molar-refractivity contribution in [3.8, 4) is 11.5 Å². The summed E-state index contributed by atoms with van der Waals surface area (Å²) in [6.07, 6.45) is 4.90. The highest BCUT2D eigenvalue weighted by Gasteiger charge is 2.22. The van der Waals surface area contributed by atoms with E-state index in [-0.39, 0.29) is 0 Å². The topological polar surface area (TPSA) is 55.8 Å². The number of carbonyl (C=O) groups is 1. The number of allylic oxidation sites excluding steroid dienone is 1. The van der Waals surface area contributed by atoms with Crippen LogP contribution in [0.15, 0.2) is 29.8 Å². The van der Waals surface area contributed by atoms with E-state index in [0.29, 0.717) is 5.92 Å². The SMILES string of the molecule is COc1ccc(OC)c(C2CCC(=CC(=O)O)CC2)c1. The summed E-state index contributed by atoms with van der Waals surface area (Å²) >= 11 is 0. The maximum atomic E-state index is 10.7. The molecule has 108 valence electrons. The minimum absolute atomic E-state index is 0.394. The van der Waals surface area contributed by atoms with Crippen LogP contribution in [-0.4, -0.2) is 25.3 Å². The molecule has 0 atom stereocenters. The molecule has 2 rings (SSSR count). The summed E-state index contributed by atoms with van der Waals surface area (Å²) in [6, 6.07) is 5.84. The zero-order valence-electron chi connectivity index (χ0n) is 11.9. The Labute approximate surface area is 119 Å². The maximum absolute atomic E-state index is 10.7. The van der Waals surface area contributed by atoms with Gasteiger partial charge in [-0.05, 0) is 49.8 Å². The second kappa shape index (κ2) is 6.46. The number of hydrogen-bond acceptors (Lipinski definition) is 3. The fourth-order valence-corrected chi connectivity index (χ4v) is 2.78. The quantitative estimate of drug-likeness (QED) is 0.857. The van der Waals surface area contributed by atoms with Gasteiger partial charge in [0.15, 0.2) is 0 Å². The summed E-state index contributed by atoms with van der Waals surface area (Å²) in [7, 11) is 3.32. The lowest BCUT2D eigenvalue weighted by atomic mass is 9.81. The van der Waals surface area contributed by atoms with E-state index in [9.17, 15) is 4.79 Å². The van der Waals surface area contributed by atoms with Gasteiger partial charge >= 0.3 is 5.97 Å². The third kappa shape index (κ3) is 3.32. The molecule has 20 heavy (non-hydrogen) atoms. The van der Waals surface area contributed by atoms with Gasteiger partial charge in [0, 0.05) is 11.6 Å². The molecular formula is C16H20O4. The first-order valence-corrected chi connectivity index (χ1v) is 6.78. The van der Waals surface area contributed by atoms with E-state index >= 15 is 0 Å². The largest absolute Gasteiger partial charge is 0.497 e. The Kier molecular flexibility index (Phi) is 4.66. The number of hydrogen-bond donors (Lipinski definition) is 1. The minimum atomic E-state index is -0.850. The van der Waals surface area contributed by atoms with Crippen LogP contribution in [0, 0.1) is 0 Å². The van der Waals surface area contributed by atoms with E-state index < -0.39 is 5.97 Å². The van der Waals surface area contributed by atoms with E-state index in [1.54, 1.807) is 14.2 Å². The van der Waals surface area contributed by atoms with Crippen LogP contribution in [0.4, 0.5) is 0 Å². The molecule has 0 amide bonds. The van der Waals surface area contributed by atoms with Gasteiger partial charge in [0.05, 0.1) is 14.2 Å². The van der Waals surface area contributed by atoms with Crippen molar-refractivity contribution in [3.63, 3.8) is 0 Å². The molecule has 4 nitrogen and oxygen atoms in total. The van der Waals surface area contributed by atoms with E-state index in [0.717, 1.165) is 48.3 Å². The number of ether oxygens (including phenoxy) is 2. The first kappa shape index (κ1) is 14.4. The van der Waals surface area contributed by atoms with Crippen molar-refractivity contribution in [1.29, 1.82) is 0 Å². The molecule has 0 spiro atoms. The average molecular weight is 276 g/mol. The average Bonchev–Trinajstić information content (AvgIpc) is 2.46. The fraction of sp³-hybridized carbons (Fsp3) is 0.438. The van der Waals surface area contributed by atoms with Crippen LogP contribution in [-0.2, 0) is 4.79 Å². The van der Waals surface area contributed by atoms with Gasteiger partial charge in [-0.25, -0.2) is 4.79 Å². The summed E-state index contributed by atoms with van der Waals surface area (Å²) < 4.78 is 10.7. The third-order valence-electron chi connectivity index (χ3n) is 3.83. The van der Waals surface area contributed by atoms with Crippen molar-refractivity contribution in [2.24, 2.45) is 0 Å². The number of aliphatic carboxylic acids is 1. The van der Waals surface area contributed by atoms with E-state index in [1.807, 2.05) is 18.2 Å². The molecule has 0 aromatic heterocycles. The standard InChI is InChI=1S/C16H20O4/c1-19-13-7-8-15(20-2)14(10-13)12-5-3-11(4-6-12)9-16(17)18/h7-10,12H,3-6H2,1-2H3,(H,17,18). The van der Waals surface area contributed by atoms with E-state index in [4.69, 9.17) is 14.6 Å². The molecule has 1 fully saturated rings. The molecule has 0 unspecified atom stereocenters.